The molecule has 1 aliphatic rings. The van der Waals surface area contributed by atoms with Gasteiger partial charge < -0.3 is 5.32 Å². The number of rotatable bonds is 6. The number of nitrogens with zero attached hydrogens (tertiary/aromatic N) is 2. The van der Waals surface area contributed by atoms with Crippen molar-refractivity contribution >= 4 is 15.8 Å². The fourth-order valence-electron chi connectivity index (χ4n) is 2.67. The van der Waals surface area contributed by atoms with Crippen molar-refractivity contribution in [2.75, 3.05) is 18.4 Å². The number of anilines is 1. The van der Waals surface area contributed by atoms with Gasteiger partial charge >= 0.3 is 0 Å². The molecule has 5 nitrogen and oxygen atoms in total. The summed E-state index contributed by atoms with van der Waals surface area (Å²) >= 11 is 0. The molecule has 6 heteroatoms. The van der Waals surface area contributed by atoms with Crippen LogP contribution < -0.4 is 5.32 Å². The van der Waals surface area contributed by atoms with Gasteiger partial charge in [0, 0.05) is 25.3 Å². The zero-order chi connectivity index (χ0) is 17.1. The molecule has 130 valence electrons. The summed E-state index contributed by atoms with van der Waals surface area (Å²) in [6.45, 7) is 10.1. The van der Waals surface area contributed by atoms with Gasteiger partial charge in [-0.2, -0.15) is 4.31 Å². The molecule has 0 radical (unpaired) electrons. The van der Waals surface area contributed by atoms with E-state index in [9.17, 15) is 8.42 Å². The lowest BCUT2D eigenvalue weighted by atomic mass is 9.89. The Morgan fingerprint density at radius 2 is 1.91 bits per heavy atom. The maximum absolute atomic E-state index is 12.4. The zero-order valence-corrected chi connectivity index (χ0v) is 15.5. The van der Waals surface area contributed by atoms with Crippen molar-refractivity contribution in [3.05, 3.63) is 18.3 Å². The van der Waals surface area contributed by atoms with Gasteiger partial charge in [-0.3, -0.25) is 0 Å². The molecule has 1 fully saturated rings. The van der Waals surface area contributed by atoms with Crippen LogP contribution in [0.2, 0.25) is 0 Å². The van der Waals surface area contributed by atoms with E-state index in [2.05, 4.69) is 38.0 Å². The van der Waals surface area contributed by atoms with Gasteiger partial charge in [0.2, 0.25) is 10.0 Å². The zero-order valence-electron chi connectivity index (χ0n) is 14.7. The van der Waals surface area contributed by atoms with E-state index < -0.39 is 10.0 Å². The van der Waals surface area contributed by atoms with E-state index in [4.69, 9.17) is 0 Å². The molecule has 0 amide bonds. The molecule has 2 rings (SSSR count). The van der Waals surface area contributed by atoms with Crippen molar-refractivity contribution in [3.8, 4) is 0 Å². The molecule has 1 saturated heterocycles. The van der Waals surface area contributed by atoms with E-state index in [1.807, 2.05) is 0 Å². The molecule has 2 heterocycles. The second kappa shape index (κ2) is 7.18. The summed E-state index contributed by atoms with van der Waals surface area (Å²) in [5.74, 6) is 0.729. The minimum atomic E-state index is -3.37. The number of hydrogen-bond donors (Lipinski definition) is 1. The van der Waals surface area contributed by atoms with Crippen LogP contribution in [-0.4, -0.2) is 36.8 Å². The lowest BCUT2D eigenvalue weighted by Crippen LogP contribution is -2.28. The van der Waals surface area contributed by atoms with E-state index in [0.717, 1.165) is 31.5 Å². The number of pyridine rings is 1. The third kappa shape index (κ3) is 5.18. The summed E-state index contributed by atoms with van der Waals surface area (Å²) in [5, 5.41) is 3.34. The highest BCUT2D eigenvalue weighted by Crippen LogP contribution is 2.23. The highest BCUT2D eigenvalue weighted by atomic mass is 32.2. The molecule has 1 N–H and O–H groups in total. The van der Waals surface area contributed by atoms with Gasteiger partial charge in [-0.05, 0) is 50.2 Å². The largest absolute Gasteiger partial charge is 0.368 e. The Labute approximate surface area is 140 Å². The first kappa shape index (κ1) is 18.2. The normalized spacial score (nSPS) is 18.1. The van der Waals surface area contributed by atoms with Crippen molar-refractivity contribution in [1.82, 2.24) is 9.29 Å². The van der Waals surface area contributed by atoms with E-state index in [1.165, 1.54) is 6.20 Å². The molecule has 0 saturated carbocycles. The van der Waals surface area contributed by atoms with Gasteiger partial charge in [0.15, 0.2) is 0 Å². The van der Waals surface area contributed by atoms with Gasteiger partial charge in [-0.15, -0.1) is 0 Å². The smallest absolute Gasteiger partial charge is 0.244 e. The maximum atomic E-state index is 12.4. The summed E-state index contributed by atoms with van der Waals surface area (Å²) in [4.78, 5) is 4.57. The summed E-state index contributed by atoms with van der Waals surface area (Å²) in [7, 11) is -3.37. The fourth-order valence-corrected chi connectivity index (χ4v) is 4.13. The Morgan fingerprint density at radius 3 is 2.43 bits per heavy atom. The van der Waals surface area contributed by atoms with Crippen LogP contribution in [0.4, 0.5) is 5.82 Å². The molecule has 1 aromatic rings. The second-order valence-corrected chi connectivity index (χ2v) is 9.57. The predicted molar refractivity (Wildman–Crippen MR) is 94.0 cm³/mol. The highest BCUT2D eigenvalue weighted by molar-refractivity contribution is 7.89. The van der Waals surface area contributed by atoms with Crippen molar-refractivity contribution in [1.29, 1.82) is 0 Å². The van der Waals surface area contributed by atoms with Gasteiger partial charge in [-0.25, -0.2) is 13.4 Å². The number of nitrogens with one attached hydrogen (secondary N) is 1. The van der Waals surface area contributed by atoms with Crippen molar-refractivity contribution in [3.63, 3.8) is 0 Å². The lowest BCUT2D eigenvalue weighted by Gasteiger charge is -2.22. The molecule has 0 aromatic carbocycles. The van der Waals surface area contributed by atoms with Gasteiger partial charge in [0.1, 0.15) is 10.7 Å². The minimum absolute atomic E-state index is 0.285. The van der Waals surface area contributed by atoms with E-state index in [0.29, 0.717) is 24.5 Å². The van der Waals surface area contributed by atoms with E-state index >= 15 is 0 Å². The Bertz CT molecular complexity index is 600. The third-order valence-electron chi connectivity index (χ3n) is 4.16. The van der Waals surface area contributed by atoms with Crippen LogP contribution in [0.25, 0.3) is 0 Å². The summed E-state index contributed by atoms with van der Waals surface area (Å²) in [6, 6.07) is 3.72. The van der Waals surface area contributed by atoms with Gasteiger partial charge in [0.05, 0.1) is 0 Å². The number of aromatic nitrogens is 1. The quantitative estimate of drug-likeness (QED) is 0.862. The van der Waals surface area contributed by atoms with Gasteiger partial charge in [-0.1, -0.05) is 20.8 Å². The highest BCUT2D eigenvalue weighted by Gasteiger charge is 2.27. The SMILES string of the molecule is CC(CCC(C)(C)C)Nc1ccc(S(=O)(=O)N2CCCC2)cn1. The maximum Gasteiger partial charge on any atom is 0.244 e. The summed E-state index contributed by atoms with van der Waals surface area (Å²) in [6.07, 6.45) is 5.53. The Hall–Kier alpha value is -1.14. The van der Waals surface area contributed by atoms with Crippen LogP contribution in [0.5, 0.6) is 0 Å². The Kier molecular flexibility index (Phi) is 5.68. The van der Waals surface area contributed by atoms with Crippen LogP contribution in [0, 0.1) is 5.41 Å². The molecule has 1 aromatic heterocycles. The monoisotopic (exact) mass is 339 g/mol. The average molecular weight is 340 g/mol. The van der Waals surface area contributed by atoms with E-state index in [1.54, 1.807) is 16.4 Å². The van der Waals surface area contributed by atoms with Crippen LogP contribution in [0.3, 0.4) is 0 Å². The van der Waals surface area contributed by atoms with Crippen molar-refractivity contribution in [2.24, 2.45) is 5.41 Å². The predicted octanol–water partition coefficient (Wildman–Crippen LogP) is 3.49. The first-order valence-corrected chi connectivity index (χ1v) is 9.85. The minimum Gasteiger partial charge on any atom is -0.368 e. The first-order chi connectivity index (χ1) is 10.7. The second-order valence-electron chi connectivity index (χ2n) is 7.64. The first-order valence-electron chi connectivity index (χ1n) is 8.41. The summed E-state index contributed by atoms with van der Waals surface area (Å²) < 4.78 is 26.4. The Balaban J connectivity index is 1.96. The van der Waals surface area contributed by atoms with E-state index in [-0.39, 0.29) is 4.90 Å². The van der Waals surface area contributed by atoms with Gasteiger partial charge in [0.25, 0.3) is 0 Å². The number of hydrogen-bond acceptors (Lipinski definition) is 4. The molecular weight excluding hydrogens is 310 g/mol. The Morgan fingerprint density at radius 1 is 1.26 bits per heavy atom. The number of sulfonamides is 1. The third-order valence-corrected chi connectivity index (χ3v) is 6.04. The van der Waals surface area contributed by atoms with Crippen LogP contribution in [-0.2, 0) is 10.0 Å². The fraction of sp³-hybridized carbons (Fsp3) is 0.706. The lowest BCUT2D eigenvalue weighted by molar-refractivity contribution is 0.356. The van der Waals surface area contributed by atoms with Crippen molar-refractivity contribution in [2.45, 2.75) is 64.3 Å². The molecular formula is C17H29N3O2S. The summed E-state index contributed by atoms with van der Waals surface area (Å²) in [5.41, 5.74) is 0.317. The molecule has 1 atom stereocenters. The van der Waals surface area contributed by atoms with Crippen molar-refractivity contribution < 1.29 is 8.42 Å². The topological polar surface area (TPSA) is 62.3 Å². The molecule has 1 aliphatic heterocycles. The molecule has 23 heavy (non-hydrogen) atoms. The van der Waals surface area contributed by atoms with Crippen LogP contribution in [0.15, 0.2) is 23.2 Å². The average Bonchev–Trinajstić information content (AvgIpc) is 3.00. The molecule has 0 spiro atoms. The van der Waals surface area contributed by atoms with Crippen LogP contribution >= 0.6 is 0 Å². The molecule has 1 unspecified atom stereocenters. The molecule has 0 bridgehead atoms. The van der Waals surface area contributed by atoms with Crippen LogP contribution in [0.1, 0.15) is 53.4 Å². The standard InChI is InChI=1S/C17H29N3O2S/c1-14(9-10-17(2,3)4)19-16-8-7-15(13-18-16)23(21,22)20-11-5-6-12-20/h7-8,13-14H,5-6,9-12H2,1-4H3,(H,18,19). The molecule has 0 aliphatic carbocycles.